The fraction of sp³-hybridized carbons (Fsp3) is 1.00. The van der Waals surface area contributed by atoms with Crippen LogP contribution < -0.4 is 5.73 Å². The molecule has 0 aromatic carbocycles. The van der Waals surface area contributed by atoms with Crippen LogP contribution >= 0.6 is 0 Å². The summed E-state index contributed by atoms with van der Waals surface area (Å²) in [5.41, 5.74) is 5.82. The lowest BCUT2D eigenvalue weighted by molar-refractivity contribution is 0.0908. The van der Waals surface area contributed by atoms with Crippen LogP contribution in [0.25, 0.3) is 0 Å². The first-order valence-corrected chi connectivity index (χ1v) is 4.76. The molecule has 0 aliphatic rings. The van der Waals surface area contributed by atoms with E-state index in [0.717, 1.165) is 0 Å². The van der Waals surface area contributed by atoms with Crippen molar-refractivity contribution in [2.45, 2.75) is 46.2 Å². The normalized spacial score (nSPS) is 15.8. The molecular weight excluding hydrogens is 148 g/mol. The summed E-state index contributed by atoms with van der Waals surface area (Å²) in [5.74, 6) is 0.681. The molecule has 0 aromatic rings. The van der Waals surface area contributed by atoms with Crippen LogP contribution in [0.1, 0.15) is 34.6 Å². The second kappa shape index (κ2) is 4.24. The smallest absolute Gasteiger partial charge is 0.0275 e. The predicted octanol–water partition coefficient (Wildman–Crippen LogP) is 1.70. The van der Waals surface area contributed by atoms with Gasteiger partial charge in [0, 0.05) is 18.1 Å². The summed E-state index contributed by atoms with van der Waals surface area (Å²) in [6, 6.07) is 0.587. The molecule has 0 saturated heterocycles. The molecular formula is C10H24N2. The first-order chi connectivity index (χ1) is 5.33. The molecule has 0 heterocycles. The third kappa shape index (κ3) is 2.76. The van der Waals surface area contributed by atoms with Gasteiger partial charge in [-0.3, -0.25) is 4.90 Å². The van der Waals surface area contributed by atoms with Crippen molar-refractivity contribution in [1.29, 1.82) is 0 Å². The molecule has 2 heteroatoms. The zero-order valence-electron chi connectivity index (χ0n) is 9.39. The van der Waals surface area contributed by atoms with Crippen molar-refractivity contribution in [3.05, 3.63) is 0 Å². The summed E-state index contributed by atoms with van der Waals surface area (Å²) in [6.45, 7) is 11.8. The van der Waals surface area contributed by atoms with Crippen LogP contribution in [0.2, 0.25) is 0 Å². The molecule has 12 heavy (non-hydrogen) atoms. The fourth-order valence-electron chi connectivity index (χ4n) is 1.14. The Kier molecular flexibility index (Phi) is 4.21. The highest BCUT2D eigenvalue weighted by Gasteiger charge is 2.26. The lowest BCUT2D eigenvalue weighted by Gasteiger charge is -2.40. The second-order valence-corrected chi connectivity index (χ2v) is 4.61. The molecule has 0 bridgehead atoms. The first-order valence-electron chi connectivity index (χ1n) is 4.76. The minimum atomic E-state index is 0.115. The van der Waals surface area contributed by atoms with Gasteiger partial charge in [-0.15, -0.1) is 0 Å². The van der Waals surface area contributed by atoms with E-state index in [1.54, 1.807) is 0 Å². The summed E-state index contributed by atoms with van der Waals surface area (Å²) >= 11 is 0. The monoisotopic (exact) mass is 172 g/mol. The van der Waals surface area contributed by atoms with Crippen LogP contribution in [0.15, 0.2) is 0 Å². The highest BCUT2D eigenvalue weighted by molar-refractivity contribution is 4.84. The highest BCUT2D eigenvalue weighted by atomic mass is 15.2. The molecule has 0 aliphatic heterocycles. The van der Waals surface area contributed by atoms with Gasteiger partial charge in [0.2, 0.25) is 0 Å². The Morgan fingerprint density at radius 2 is 1.67 bits per heavy atom. The molecule has 2 N–H and O–H groups in total. The van der Waals surface area contributed by atoms with Crippen molar-refractivity contribution in [3.63, 3.8) is 0 Å². The van der Waals surface area contributed by atoms with Crippen molar-refractivity contribution < 1.29 is 0 Å². The maximum absolute atomic E-state index is 5.70. The molecule has 0 amide bonds. The lowest BCUT2D eigenvalue weighted by Crippen LogP contribution is -2.52. The maximum Gasteiger partial charge on any atom is 0.0275 e. The Balaban J connectivity index is 4.27. The molecule has 0 radical (unpaired) electrons. The van der Waals surface area contributed by atoms with Crippen molar-refractivity contribution in [3.8, 4) is 0 Å². The van der Waals surface area contributed by atoms with E-state index in [1.807, 2.05) is 0 Å². The summed E-state index contributed by atoms with van der Waals surface area (Å²) in [6.07, 6.45) is 0. The van der Waals surface area contributed by atoms with Crippen LogP contribution in [0, 0.1) is 5.92 Å². The van der Waals surface area contributed by atoms with Gasteiger partial charge in [0.1, 0.15) is 0 Å². The van der Waals surface area contributed by atoms with E-state index in [1.165, 1.54) is 0 Å². The topological polar surface area (TPSA) is 29.3 Å². The molecule has 0 fully saturated rings. The molecule has 0 aliphatic carbocycles. The molecule has 1 atom stereocenters. The Morgan fingerprint density at radius 3 is 1.92 bits per heavy atom. The predicted molar refractivity (Wildman–Crippen MR) is 55.2 cm³/mol. The van der Waals surface area contributed by atoms with E-state index in [4.69, 9.17) is 5.73 Å². The number of hydrogen-bond acceptors (Lipinski definition) is 2. The third-order valence-corrected chi connectivity index (χ3v) is 3.03. The molecule has 0 rings (SSSR count). The number of likely N-dealkylation sites (N-methyl/N-ethyl adjacent to an activating group) is 1. The van der Waals surface area contributed by atoms with Gasteiger partial charge in [0.25, 0.3) is 0 Å². The van der Waals surface area contributed by atoms with Gasteiger partial charge in [-0.1, -0.05) is 13.8 Å². The van der Waals surface area contributed by atoms with Gasteiger partial charge in [-0.2, -0.15) is 0 Å². The van der Waals surface area contributed by atoms with Gasteiger partial charge < -0.3 is 5.73 Å². The second-order valence-electron chi connectivity index (χ2n) is 4.61. The zero-order chi connectivity index (χ0) is 9.94. The highest BCUT2D eigenvalue weighted by Crippen LogP contribution is 2.18. The zero-order valence-corrected chi connectivity index (χ0v) is 9.39. The average molecular weight is 172 g/mol. The summed E-state index contributed by atoms with van der Waals surface area (Å²) in [7, 11) is 2.15. The Labute approximate surface area is 77.1 Å². The minimum Gasteiger partial charge on any atom is -0.329 e. The molecule has 1 unspecified atom stereocenters. The molecule has 74 valence electrons. The van der Waals surface area contributed by atoms with Crippen LogP contribution in [0.3, 0.4) is 0 Å². The SMILES string of the molecule is CC(C)C(C)N(C)C(C)(C)CN. The van der Waals surface area contributed by atoms with E-state index >= 15 is 0 Å². The molecule has 0 aromatic heterocycles. The van der Waals surface area contributed by atoms with Gasteiger partial charge in [0.05, 0.1) is 0 Å². The van der Waals surface area contributed by atoms with Crippen LogP contribution in [-0.4, -0.2) is 30.1 Å². The van der Waals surface area contributed by atoms with E-state index < -0.39 is 0 Å². The van der Waals surface area contributed by atoms with E-state index in [-0.39, 0.29) is 5.54 Å². The first kappa shape index (κ1) is 11.9. The Bertz CT molecular complexity index is 130. The van der Waals surface area contributed by atoms with Gasteiger partial charge in [0.15, 0.2) is 0 Å². The van der Waals surface area contributed by atoms with Crippen molar-refractivity contribution in [2.75, 3.05) is 13.6 Å². The van der Waals surface area contributed by atoms with E-state index in [9.17, 15) is 0 Å². The number of nitrogens with zero attached hydrogens (tertiary/aromatic N) is 1. The molecule has 0 spiro atoms. The van der Waals surface area contributed by atoms with Crippen LogP contribution in [0.4, 0.5) is 0 Å². The Morgan fingerprint density at radius 1 is 1.25 bits per heavy atom. The van der Waals surface area contributed by atoms with Crippen molar-refractivity contribution in [1.82, 2.24) is 4.90 Å². The van der Waals surface area contributed by atoms with E-state index in [2.05, 4.69) is 46.6 Å². The largest absolute Gasteiger partial charge is 0.329 e. The quantitative estimate of drug-likeness (QED) is 0.699. The van der Waals surface area contributed by atoms with E-state index in [0.29, 0.717) is 18.5 Å². The standard InChI is InChI=1S/C10H24N2/c1-8(2)9(3)12(6)10(4,5)7-11/h8-9H,7,11H2,1-6H3. The molecule has 0 saturated carbocycles. The third-order valence-electron chi connectivity index (χ3n) is 3.03. The van der Waals surface area contributed by atoms with Crippen molar-refractivity contribution in [2.24, 2.45) is 11.7 Å². The van der Waals surface area contributed by atoms with Gasteiger partial charge in [-0.05, 0) is 33.7 Å². The average Bonchev–Trinajstić information content (AvgIpc) is 2.01. The fourth-order valence-corrected chi connectivity index (χ4v) is 1.14. The summed E-state index contributed by atoms with van der Waals surface area (Å²) in [4.78, 5) is 2.36. The molecule has 2 nitrogen and oxygen atoms in total. The summed E-state index contributed by atoms with van der Waals surface area (Å²) in [5, 5.41) is 0. The maximum atomic E-state index is 5.70. The van der Waals surface area contributed by atoms with Crippen LogP contribution in [-0.2, 0) is 0 Å². The van der Waals surface area contributed by atoms with Gasteiger partial charge in [-0.25, -0.2) is 0 Å². The number of nitrogens with two attached hydrogens (primary N) is 1. The lowest BCUT2D eigenvalue weighted by atomic mass is 9.97. The van der Waals surface area contributed by atoms with Gasteiger partial charge >= 0.3 is 0 Å². The summed E-state index contributed by atoms with van der Waals surface area (Å²) < 4.78 is 0. The number of hydrogen-bond donors (Lipinski definition) is 1. The minimum absolute atomic E-state index is 0.115. The number of rotatable bonds is 4. The Hall–Kier alpha value is -0.0800. The van der Waals surface area contributed by atoms with Crippen LogP contribution in [0.5, 0.6) is 0 Å². The van der Waals surface area contributed by atoms with Crippen molar-refractivity contribution >= 4 is 0 Å².